The Hall–Kier alpha value is -6.52. The van der Waals surface area contributed by atoms with Crippen molar-refractivity contribution in [3.63, 3.8) is 0 Å². The number of fused-ring (bicyclic) bond motifs is 8. The number of aromatic nitrogens is 4. The van der Waals surface area contributed by atoms with Gasteiger partial charge in [0.25, 0.3) is 11.8 Å². The highest BCUT2D eigenvalue weighted by Gasteiger charge is 2.36. The van der Waals surface area contributed by atoms with Gasteiger partial charge in [-0.3, -0.25) is 28.7 Å². The summed E-state index contributed by atoms with van der Waals surface area (Å²) >= 11 is 0. The number of benzene rings is 4. The molecule has 18 nitrogen and oxygen atoms in total. The van der Waals surface area contributed by atoms with Gasteiger partial charge in [-0.15, -0.1) is 0 Å². The highest BCUT2D eigenvalue weighted by molar-refractivity contribution is 7.62. The molecule has 0 spiro atoms. The van der Waals surface area contributed by atoms with Gasteiger partial charge in [0.1, 0.15) is 34.4 Å². The zero-order valence-corrected chi connectivity index (χ0v) is 59.8. The highest BCUT2D eigenvalue weighted by Crippen LogP contribution is 2.50. The largest absolute Gasteiger partial charge is 0.507 e. The number of ether oxygens (including phenoxy) is 2. The lowest BCUT2D eigenvalue weighted by molar-refractivity contribution is 0.0937. The van der Waals surface area contributed by atoms with Crippen LogP contribution in [0.3, 0.4) is 0 Å². The topological polar surface area (TPSA) is 240 Å². The summed E-state index contributed by atoms with van der Waals surface area (Å²) < 4.78 is 64.8. The number of amides is 2. The van der Waals surface area contributed by atoms with Crippen molar-refractivity contribution in [2.75, 3.05) is 26.3 Å². The number of nitrogens with one attached hydrogen (secondary N) is 2. The molecule has 2 heterocycles. The molecule has 92 heavy (non-hydrogen) atoms. The Morgan fingerprint density at radius 2 is 0.685 bits per heavy atom. The highest BCUT2D eigenvalue weighted by atomic mass is 31.2. The molecule has 0 atom stereocenters. The smallest absolute Gasteiger partial charge is 0.381 e. The van der Waals surface area contributed by atoms with Gasteiger partial charge in [0.2, 0.25) is 0 Å². The predicted octanol–water partition coefficient (Wildman–Crippen LogP) is 14.3. The van der Waals surface area contributed by atoms with Crippen LogP contribution in [0.4, 0.5) is 0 Å². The SMILES string of the molecule is CC(C)OP(=O)(OC(C)C)c1cncc(C(=O)NCCCOc2c3cc(C(C)(C)C)cc2Cc2cc(C(C)(C)C)cc(c2O)Cc2cc(C(C)(C)C)cc(c2OCCCNC(=O)c2cncc(P(=O)(OC(C)C)OC(C)C)n2)Cc2cc(C(C)(C)C)cc(c2O)C3)n1. The van der Waals surface area contributed by atoms with Gasteiger partial charge in [0, 0.05) is 38.8 Å². The van der Waals surface area contributed by atoms with Gasteiger partial charge in [-0.1, -0.05) is 132 Å². The van der Waals surface area contributed by atoms with Crippen molar-refractivity contribution in [3.8, 4) is 23.0 Å². The monoisotopic (exact) mass is 1300 g/mol. The molecule has 6 aromatic rings. The van der Waals surface area contributed by atoms with E-state index in [0.717, 1.165) is 44.5 Å². The average Bonchev–Trinajstić information content (AvgIpc) is 0.868. The summed E-state index contributed by atoms with van der Waals surface area (Å²) in [5, 5.41) is 31.6. The van der Waals surface area contributed by atoms with Crippen LogP contribution in [0.1, 0.15) is 239 Å². The van der Waals surface area contributed by atoms with Crippen molar-refractivity contribution in [2.45, 2.75) is 223 Å². The van der Waals surface area contributed by atoms with Crippen LogP contribution in [0.2, 0.25) is 0 Å². The molecular formula is C72H100N6O12P2. The van der Waals surface area contributed by atoms with Crippen LogP contribution >= 0.6 is 15.2 Å². The number of nitrogens with zero attached hydrogens (tertiary/aromatic N) is 4. The molecule has 2 aromatic heterocycles. The molecule has 1 aliphatic rings. The molecule has 0 saturated heterocycles. The molecule has 500 valence electrons. The second-order valence-corrected chi connectivity index (χ2v) is 33.0. The normalized spacial score (nSPS) is 13.5. The minimum Gasteiger partial charge on any atom is -0.507 e. The number of rotatable bonds is 22. The number of phenols is 2. The van der Waals surface area contributed by atoms with Gasteiger partial charge in [-0.25, -0.2) is 9.97 Å². The zero-order valence-electron chi connectivity index (χ0n) is 58.0. The van der Waals surface area contributed by atoms with E-state index in [1.165, 1.54) is 24.8 Å². The first kappa shape index (κ1) is 72.9. The van der Waals surface area contributed by atoms with E-state index in [1.54, 1.807) is 55.4 Å². The van der Waals surface area contributed by atoms with Crippen molar-refractivity contribution < 1.29 is 56.5 Å². The van der Waals surface area contributed by atoms with Crippen molar-refractivity contribution in [3.05, 3.63) is 151 Å². The van der Waals surface area contributed by atoms with Crippen LogP contribution in [0, 0.1) is 0 Å². The van der Waals surface area contributed by atoms with Crippen LogP contribution in [0.15, 0.2) is 73.3 Å². The summed E-state index contributed by atoms with van der Waals surface area (Å²) in [5.41, 5.74) is 8.89. The van der Waals surface area contributed by atoms with E-state index in [0.29, 0.717) is 72.3 Å². The maximum absolute atomic E-state index is 13.9. The summed E-state index contributed by atoms with van der Waals surface area (Å²) in [7, 11) is -7.82. The number of carbonyl (C=O) groups is 2. The van der Waals surface area contributed by atoms with E-state index in [1.807, 2.05) is 0 Å². The number of aromatic hydroxyl groups is 2. The van der Waals surface area contributed by atoms with Gasteiger partial charge in [0.15, 0.2) is 10.9 Å². The lowest BCUT2D eigenvalue weighted by Crippen LogP contribution is -2.29. The fourth-order valence-corrected chi connectivity index (χ4v) is 14.3. The van der Waals surface area contributed by atoms with Crippen LogP contribution < -0.4 is 31.0 Å². The van der Waals surface area contributed by atoms with Crippen molar-refractivity contribution in [1.29, 1.82) is 0 Å². The molecule has 0 fully saturated rings. The molecule has 0 aliphatic heterocycles. The molecule has 0 saturated carbocycles. The third kappa shape index (κ3) is 18.9. The van der Waals surface area contributed by atoms with E-state index in [9.17, 15) is 28.9 Å². The summed E-state index contributed by atoms with van der Waals surface area (Å²) in [4.78, 5) is 44.5. The minimum absolute atomic E-state index is 0.0417. The summed E-state index contributed by atoms with van der Waals surface area (Å²) in [5.74, 6) is 0.516. The van der Waals surface area contributed by atoms with Crippen molar-refractivity contribution >= 4 is 37.9 Å². The van der Waals surface area contributed by atoms with Crippen LogP contribution in [0.5, 0.6) is 23.0 Å². The Kier molecular flexibility index (Phi) is 23.3. The Morgan fingerprint density at radius 1 is 0.435 bits per heavy atom. The first-order valence-corrected chi connectivity index (χ1v) is 35.3. The molecule has 0 unspecified atom stereocenters. The Bertz CT molecular complexity index is 3360. The van der Waals surface area contributed by atoms with Gasteiger partial charge >= 0.3 is 15.2 Å². The second-order valence-electron chi connectivity index (χ2n) is 29.3. The molecule has 7 rings (SSSR count). The molecule has 0 radical (unpaired) electrons. The molecule has 20 heteroatoms. The standard InChI is InChI=1S/C72H100N6O12P2/c1-43(2)87-91(83,88-44(3)4)61-41-73-39-59(77-61)67(81)75-23-21-25-85-65-51-27-47-31-55(69(9,10)11)33-49(63(47)79)29-53-37-58(72(18,19)20)38-54(30-50-34-56(70(12,13)14)32-48(64(50)80)28-52(65)36-57(35-51)71(15,16)17)66(53)86-26-22-24-76-68(82)60-40-74-42-62(78-60)92(84,89-45(5)6)90-46(7)8/h31-46,79-80H,21-30H2,1-20H3,(H,75,81)(H,76,82). The van der Waals surface area contributed by atoms with Crippen LogP contribution in [-0.2, 0) is 74.6 Å². The summed E-state index contributed by atoms with van der Waals surface area (Å²) in [6, 6.07) is 17.1. The molecular weight excluding hydrogens is 1200 g/mol. The van der Waals surface area contributed by atoms with E-state index >= 15 is 0 Å². The molecule has 4 aromatic carbocycles. The van der Waals surface area contributed by atoms with E-state index in [4.69, 9.17) is 27.6 Å². The zero-order chi connectivity index (χ0) is 68.1. The number of phenolic OH excluding ortho intramolecular Hbond substituents is 2. The third-order valence-electron chi connectivity index (χ3n) is 15.4. The van der Waals surface area contributed by atoms with Gasteiger partial charge in [0.05, 0.1) is 62.4 Å². The third-order valence-corrected chi connectivity index (χ3v) is 19.7. The molecule has 4 N–H and O–H groups in total. The van der Waals surface area contributed by atoms with E-state index < -0.39 is 51.4 Å². The Morgan fingerprint density at radius 3 is 0.924 bits per heavy atom. The number of carbonyl (C=O) groups excluding carboxylic acids is 2. The van der Waals surface area contributed by atoms with Gasteiger partial charge in [-0.05, 0) is 157 Å². The van der Waals surface area contributed by atoms with Crippen molar-refractivity contribution in [1.82, 2.24) is 30.6 Å². The number of hydrogen-bond acceptors (Lipinski definition) is 16. The van der Waals surface area contributed by atoms with Gasteiger partial charge in [-0.2, -0.15) is 0 Å². The molecule has 8 bridgehead atoms. The second kappa shape index (κ2) is 29.4. The molecule has 2 amide bonds. The van der Waals surface area contributed by atoms with Crippen LogP contribution in [-0.4, -0.2) is 92.7 Å². The first-order valence-electron chi connectivity index (χ1n) is 32.2. The fraction of sp³-hybridized carbons (Fsp3) is 0.528. The van der Waals surface area contributed by atoms with Crippen LogP contribution in [0.25, 0.3) is 0 Å². The predicted molar refractivity (Wildman–Crippen MR) is 363 cm³/mol. The summed E-state index contributed by atoms with van der Waals surface area (Å²) in [6.07, 6.45) is 5.37. The maximum Gasteiger partial charge on any atom is 0.381 e. The van der Waals surface area contributed by atoms with E-state index in [-0.39, 0.29) is 81.7 Å². The minimum atomic E-state index is -3.91. The maximum atomic E-state index is 13.9. The average molecular weight is 1300 g/mol. The van der Waals surface area contributed by atoms with Crippen molar-refractivity contribution in [2.24, 2.45) is 0 Å². The quantitative estimate of drug-likeness (QED) is 0.0364. The van der Waals surface area contributed by atoms with E-state index in [2.05, 4.69) is 162 Å². The fourth-order valence-electron chi connectivity index (χ4n) is 10.7. The lowest BCUT2D eigenvalue weighted by atomic mass is 9.79. The van der Waals surface area contributed by atoms with Gasteiger partial charge < -0.3 is 48.4 Å². The lowest BCUT2D eigenvalue weighted by Gasteiger charge is -2.28. The Labute approximate surface area is 546 Å². The number of hydrogen-bond donors (Lipinski definition) is 4. The molecule has 1 aliphatic carbocycles. The summed E-state index contributed by atoms with van der Waals surface area (Å²) in [6.45, 7) is 40.7. The Balaban J connectivity index is 1.29. The first-order chi connectivity index (χ1) is 42.7.